The van der Waals surface area contributed by atoms with Crippen molar-refractivity contribution >= 4 is 23.5 Å². The number of ether oxygens (including phenoxy) is 1. The Labute approximate surface area is 121 Å². The fraction of sp³-hybridized carbons (Fsp3) is 0.462. The summed E-state index contributed by atoms with van der Waals surface area (Å²) in [5.74, 6) is -1.32. The molecule has 0 bridgehead atoms. The molecule has 0 aliphatic heterocycles. The highest BCUT2D eigenvalue weighted by Gasteiger charge is 2.12. The van der Waals surface area contributed by atoms with Crippen LogP contribution in [0.15, 0.2) is 12.3 Å². The highest BCUT2D eigenvalue weighted by molar-refractivity contribution is 6.32. The SMILES string of the molecule is COC(=O)CCCCCNC(=O)c1cc(F)cnc1Cl. The molecule has 5 nitrogen and oxygen atoms in total. The largest absolute Gasteiger partial charge is 0.469 e. The number of pyridine rings is 1. The van der Waals surface area contributed by atoms with Crippen LogP contribution >= 0.6 is 11.6 Å². The van der Waals surface area contributed by atoms with Gasteiger partial charge in [0.05, 0.1) is 18.9 Å². The van der Waals surface area contributed by atoms with Gasteiger partial charge < -0.3 is 10.1 Å². The summed E-state index contributed by atoms with van der Waals surface area (Å²) in [5.41, 5.74) is 0.0150. The number of halogens is 2. The van der Waals surface area contributed by atoms with Crippen molar-refractivity contribution < 1.29 is 18.7 Å². The van der Waals surface area contributed by atoms with E-state index in [1.54, 1.807) is 0 Å². The second kappa shape index (κ2) is 8.47. The van der Waals surface area contributed by atoms with Gasteiger partial charge in [-0.3, -0.25) is 9.59 Å². The molecule has 1 aromatic heterocycles. The number of unbranched alkanes of at least 4 members (excludes halogenated alkanes) is 2. The van der Waals surface area contributed by atoms with Crippen molar-refractivity contribution in [1.29, 1.82) is 0 Å². The standard InChI is InChI=1S/C13H16ClFN2O3/c1-20-11(18)5-3-2-4-6-16-13(19)10-7-9(15)8-17-12(10)14/h7-8H,2-6H2,1H3,(H,16,19). The van der Waals surface area contributed by atoms with Crippen LogP contribution in [-0.2, 0) is 9.53 Å². The molecule has 0 unspecified atom stereocenters. The predicted molar refractivity (Wildman–Crippen MR) is 72.0 cm³/mol. The molecular formula is C13H16ClFN2O3. The van der Waals surface area contributed by atoms with Gasteiger partial charge in [0.15, 0.2) is 0 Å². The molecule has 110 valence electrons. The van der Waals surface area contributed by atoms with Gasteiger partial charge in [0.2, 0.25) is 0 Å². The van der Waals surface area contributed by atoms with Crippen LogP contribution in [0, 0.1) is 5.82 Å². The molecular weight excluding hydrogens is 287 g/mol. The molecule has 1 amide bonds. The smallest absolute Gasteiger partial charge is 0.305 e. The average Bonchev–Trinajstić information content (AvgIpc) is 2.44. The molecule has 0 atom stereocenters. The zero-order chi connectivity index (χ0) is 15.0. The molecule has 0 fully saturated rings. The first-order chi connectivity index (χ1) is 9.54. The third-order valence-corrected chi connectivity index (χ3v) is 2.92. The van der Waals surface area contributed by atoms with Crippen LogP contribution in [0.5, 0.6) is 0 Å². The molecule has 1 aromatic rings. The Morgan fingerprint density at radius 1 is 1.40 bits per heavy atom. The van der Waals surface area contributed by atoms with Gasteiger partial charge in [-0.05, 0) is 18.9 Å². The molecule has 1 heterocycles. The van der Waals surface area contributed by atoms with E-state index in [4.69, 9.17) is 11.6 Å². The molecule has 1 rings (SSSR count). The lowest BCUT2D eigenvalue weighted by Crippen LogP contribution is -2.25. The second-order valence-corrected chi connectivity index (χ2v) is 4.49. The minimum atomic E-state index is -0.613. The third kappa shape index (κ3) is 5.52. The van der Waals surface area contributed by atoms with E-state index in [0.29, 0.717) is 25.8 Å². The molecule has 1 N–H and O–H groups in total. The zero-order valence-corrected chi connectivity index (χ0v) is 11.9. The van der Waals surface area contributed by atoms with E-state index in [1.165, 1.54) is 7.11 Å². The number of amides is 1. The van der Waals surface area contributed by atoms with E-state index in [1.807, 2.05) is 0 Å². The van der Waals surface area contributed by atoms with Gasteiger partial charge in [-0.1, -0.05) is 18.0 Å². The van der Waals surface area contributed by atoms with E-state index in [2.05, 4.69) is 15.0 Å². The minimum Gasteiger partial charge on any atom is -0.469 e. The summed E-state index contributed by atoms with van der Waals surface area (Å²) in [6.45, 7) is 0.423. The molecule has 0 aliphatic carbocycles. The van der Waals surface area contributed by atoms with Crippen LogP contribution in [0.4, 0.5) is 4.39 Å². The van der Waals surface area contributed by atoms with E-state index in [0.717, 1.165) is 18.7 Å². The summed E-state index contributed by atoms with van der Waals surface area (Å²) in [5, 5.41) is 2.59. The number of nitrogens with one attached hydrogen (secondary N) is 1. The summed E-state index contributed by atoms with van der Waals surface area (Å²) in [7, 11) is 1.35. The van der Waals surface area contributed by atoms with Crippen molar-refractivity contribution in [1.82, 2.24) is 10.3 Å². The van der Waals surface area contributed by atoms with Crippen molar-refractivity contribution in [2.45, 2.75) is 25.7 Å². The van der Waals surface area contributed by atoms with Crippen molar-refractivity contribution in [2.75, 3.05) is 13.7 Å². The minimum absolute atomic E-state index is 0.0150. The number of rotatable bonds is 7. The normalized spacial score (nSPS) is 10.2. The maximum Gasteiger partial charge on any atom is 0.305 e. The number of methoxy groups -OCH3 is 1. The molecule has 0 saturated carbocycles. The third-order valence-electron chi connectivity index (χ3n) is 2.62. The Bertz CT molecular complexity index is 483. The van der Waals surface area contributed by atoms with Crippen LogP contribution < -0.4 is 5.32 Å². The Morgan fingerprint density at radius 2 is 2.15 bits per heavy atom. The van der Waals surface area contributed by atoms with Crippen molar-refractivity contribution in [2.24, 2.45) is 0 Å². The van der Waals surface area contributed by atoms with Gasteiger partial charge in [-0.2, -0.15) is 0 Å². The fourth-order valence-electron chi connectivity index (χ4n) is 1.55. The first-order valence-corrected chi connectivity index (χ1v) is 6.58. The predicted octanol–water partition coefficient (Wildman–Crippen LogP) is 2.34. The molecule has 7 heteroatoms. The highest BCUT2D eigenvalue weighted by atomic mass is 35.5. The maximum atomic E-state index is 13.0. The first-order valence-electron chi connectivity index (χ1n) is 6.20. The van der Waals surface area contributed by atoms with E-state index >= 15 is 0 Å². The lowest BCUT2D eigenvalue weighted by Gasteiger charge is -2.06. The van der Waals surface area contributed by atoms with Crippen LogP contribution in [0.1, 0.15) is 36.0 Å². The number of carbonyl (C=O) groups excluding carboxylic acids is 2. The van der Waals surface area contributed by atoms with Crippen LogP contribution in [0.3, 0.4) is 0 Å². The van der Waals surface area contributed by atoms with E-state index in [9.17, 15) is 14.0 Å². The summed E-state index contributed by atoms with van der Waals surface area (Å²) in [6.07, 6.45) is 3.51. The Morgan fingerprint density at radius 3 is 2.85 bits per heavy atom. The number of hydrogen-bond donors (Lipinski definition) is 1. The second-order valence-electron chi connectivity index (χ2n) is 4.13. The van der Waals surface area contributed by atoms with Gasteiger partial charge in [0.1, 0.15) is 11.0 Å². The molecule has 0 spiro atoms. The Hall–Kier alpha value is -1.69. The van der Waals surface area contributed by atoms with Crippen LogP contribution in [0.2, 0.25) is 5.15 Å². The van der Waals surface area contributed by atoms with Crippen LogP contribution in [-0.4, -0.2) is 30.5 Å². The number of nitrogens with zero attached hydrogens (tertiary/aromatic N) is 1. The highest BCUT2D eigenvalue weighted by Crippen LogP contribution is 2.13. The topological polar surface area (TPSA) is 68.3 Å². The van der Waals surface area contributed by atoms with Gasteiger partial charge in [-0.15, -0.1) is 0 Å². The number of aromatic nitrogens is 1. The Balaban J connectivity index is 2.27. The van der Waals surface area contributed by atoms with Gasteiger partial charge in [0, 0.05) is 13.0 Å². The molecule has 0 saturated heterocycles. The van der Waals surface area contributed by atoms with Crippen molar-refractivity contribution in [3.63, 3.8) is 0 Å². The maximum absolute atomic E-state index is 13.0. The van der Waals surface area contributed by atoms with Gasteiger partial charge in [0.25, 0.3) is 5.91 Å². The summed E-state index contributed by atoms with van der Waals surface area (Å²) in [6, 6.07) is 1.04. The fourth-order valence-corrected chi connectivity index (χ4v) is 1.74. The van der Waals surface area contributed by atoms with Crippen molar-refractivity contribution in [3.05, 3.63) is 28.8 Å². The average molecular weight is 303 g/mol. The number of hydrogen-bond acceptors (Lipinski definition) is 4. The summed E-state index contributed by atoms with van der Waals surface area (Å²) >= 11 is 5.71. The molecule has 0 aromatic carbocycles. The molecule has 0 radical (unpaired) electrons. The Kier molecular flexibility index (Phi) is 6.93. The quantitative estimate of drug-likeness (QED) is 0.477. The number of carbonyl (C=O) groups is 2. The van der Waals surface area contributed by atoms with Crippen molar-refractivity contribution in [3.8, 4) is 0 Å². The van der Waals surface area contributed by atoms with Crippen LogP contribution in [0.25, 0.3) is 0 Å². The summed E-state index contributed by atoms with van der Waals surface area (Å²) in [4.78, 5) is 26.2. The lowest BCUT2D eigenvalue weighted by molar-refractivity contribution is -0.140. The van der Waals surface area contributed by atoms with Gasteiger partial charge in [-0.25, -0.2) is 9.37 Å². The molecule has 20 heavy (non-hydrogen) atoms. The van der Waals surface area contributed by atoms with E-state index < -0.39 is 11.7 Å². The first kappa shape index (κ1) is 16.4. The van der Waals surface area contributed by atoms with Gasteiger partial charge >= 0.3 is 5.97 Å². The van der Waals surface area contributed by atoms with E-state index in [-0.39, 0.29) is 16.7 Å². The summed E-state index contributed by atoms with van der Waals surface area (Å²) < 4.78 is 17.5. The number of esters is 1. The molecule has 0 aliphatic rings. The monoisotopic (exact) mass is 302 g/mol. The zero-order valence-electron chi connectivity index (χ0n) is 11.1. The lowest BCUT2D eigenvalue weighted by atomic mass is 10.2.